The number of thiophene rings is 1. The summed E-state index contributed by atoms with van der Waals surface area (Å²) in [5, 5.41) is 7.42. The second-order valence-electron chi connectivity index (χ2n) is 9.78. The molecule has 0 unspecified atom stereocenters. The smallest absolute Gasteiger partial charge is 0.161 e. The van der Waals surface area contributed by atoms with E-state index in [1.807, 2.05) is 18.2 Å². The third-order valence-electron chi connectivity index (χ3n) is 7.51. The van der Waals surface area contributed by atoms with E-state index in [4.69, 9.17) is 9.97 Å². The van der Waals surface area contributed by atoms with E-state index in [1.54, 1.807) is 11.3 Å². The Kier molecular flexibility index (Phi) is 5.04. The largest absolute Gasteiger partial charge is 0.227 e. The molecule has 0 fully saturated rings. The van der Waals surface area contributed by atoms with Crippen LogP contribution in [0, 0.1) is 0 Å². The van der Waals surface area contributed by atoms with Gasteiger partial charge in [-0.25, -0.2) is 9.97 Å². The molecule has 0 bridgehead atoms. The Morgan fingerprint density at radius 3 is 1.59 bits per heavy atom. The minimum Gasteiger partial charge on any atom is -0.227 e. The Balaban J connectivity index is 1.49. The first kappa shape index (κ1) is 22.2. The molecule has 0 aliphatic heterocycles. The summed E-state index contributed by atoms with van der Waals surface area (Å²) in [7, 11) is 0. The van der Waals surface area contributed by atoms with Crippen LogP contribution in [0.4, 0.5) is 0 Å². The van der Waals surface area contributed by atoms with Crippen LogP contribution >= 0.6 is 11.3 Å². The summed E-state index contributed by atoms with van der Waals surface area (Å²) in [6.45, 7) is 0. The van der Waals surface area contributed by atoms with Crippen molar-refractivity contribution in [1.82, 2.24) is 9.97 Å². The summed E-state index contributed by atoms with van der Waals surface area (Å²) >= 11 is 1.77. The van der Waals surface area contributed by atoms with E-state index in [0.29, 0.717) is 0 Å². The molecule has 0 saturated carbocycles. The molecule has 0 atom stereocenters. The maximum Gasteiger partial charge on any atom is 0.161 e. The van der Waals surface area contributed by atoms with Gasteiger partial charge in [-0.2, -0.15) is 0 Å². The van der Waals surface area contributed by atoms with Crippen LogP contribution in [0.15, 0.2) is 133 Å². The molecule has 6 aromatic carbocycles. The number of rotatable bonds is 3. The van der Waals surface area contributed by atoms with Gasteiger partial charge in [0.2, 0.25) is 0 Å². The highest BCUT2D eigenvalue weighted by atomic mass is 32.1. The fourth-order valence-corrected chi connectivity index (χ4v) is 6.90. The maximum absolute atomic E-state index is 5.25. The summed E-state index contributed by atoms with van der Waals surface area (Å²) < 4.78 is 1.26. The third kappa shape index (κ3) is 3.55. The van der Waals surface area contributed by atoms with Gasteiger partial charge in [-0.05, 0) is 27.3 Å². The normalized spacial score (nSPS) is 11.6. The molecule has 0 saturated heterocycles. The molecule has 2 heterocycles. The molecular formula is C36H22N2S. The van der Waals surface area contributed by atoms with E-state index >= 15 is 0 Å². The number of fused-ring (bicyclic) bond motifs is 8. The van der Waals surface area contributed by atoms with Crippen molar-refractivity contribution in [3.05, 3.63) is 133 Å². The summed E-state index contributed by atoms with van der Waals surface area (Å²) in [4.78, 5) is 11.4. The van der Waals surface area contributed by atoms with Crippen molar-refractivity contribution >= 4 is 53.2 Å². The molecule has 182 valence electrons. The van der Waals surface area contributed by atoms with Crippen molar-refractivity contribution < 1.29 is 0 Å². The lowest BCUT2D eigenvalue weighted by atomic mass is 9.95. The lowest BCUT2D eigenvalue weighted by Crippen LogP contribution is -1.93. The maximum atomic E-state index is 5.25. The molecule has 8 aromatic rings. The van der Waals surface area contributed by atoms with Crippen LogP contribution < -0.4 is 0 Å². The molecule has 0 radical (unpaired) electrons. The molecule has 0 N–H and O–H groups in total. The molecule has 39 heavy (non-hydrogen) atoms. The molecule has 2 aromatic heterocycles. The highest BCUT2D eigenvalue weighted by Gasteiger charge is 2.20. The minimum atomic E-state index is 0.755. The highest BCUT2D eigenvalue weighted by molar-refractivity contribution is 7.26. The van der Waals surface area contributed by atoms with Gasteiger partial charge in [0.15, 0.2) is 5.82 Å². The van der Waals surface area contributed by atoms with E-state index in [1.165, 1.54) is 42.8 Å². The van der Waals surface area contributed by atoms with E-state index in [2.05, 4.69) is 115 Å². The van der Waals surface area contributed by atoms with Crippen molar-refractivity contribution in [2.75, 3.05) is 0 Å². The summed E-state index contributed by atoms with van der Waals surface area (Å²) in [6.07, 6.45) is 0. The Hall–Kier alpha value is -4.86. The molecule has 2 nitrogen and oxygen atoms in total. The predicted molar refractivity (Wildman–Crippen MR) is 166 cm³/mol. The lowest BCUT2D eigenvalue weighted by molar-refractivity contribution is 1.24. The quantitative estimate of drug-likeness (QED) is 0.219. The second-order valence-corrected chi connectivity index (χ2v) is 10.8. The Morgan fingerprint density at radius 2 is 0.897 bits per heavy atom. The fraction of sp³-hybridized carbons (Fsp3) is 0. The fourth-order valence-electron chi connectivity index (χ4n) is 5.68. The second kappa shape index (κ2) is 8.87. The van der Waals surface area contributed by atoms with E-state index in [9.17, 15) is 0 Å². The standard InChI is InChI=1S/C36H22N2S/c1-3-11-23(12-4-1)24-19-21-25(22-20-24)33-32-31-29-17-9-7-15-27(29)28-16-8-10-18-30(28)34(31)39-36(32)38-35(37-33)26-13-5-2-6-14-26/h1-22H. The van der Waals surface area contributed by atoms with Gasteiger partial charge >= 0.3 is 0 Å². The Bertz CT molecular complexity index is 2150. The zero-order chi connectivity index (χ0) is 25.8. The van der Waals surface area contributed by atoms with Gasteiger partial charge in [-0.1, -0.05) is 133 Å². The molecule has 0 aliphatic rings. The van der Waals surface area contributed by atoms with Crippen molar-refractivity contribution in [3.8, 4) is 33.8 Å². The first-order chi connectivity index (χ1) is 19.3. The SMILES string of the molecule is c1ccc(-c2ccc(-c3nc(-c4ccccc4)nc4sc5c6ccccc6c6ccccc6c5c34)cc2)cc1. The van der Waals surface area contributed by atoms with E-state index in [0.717, 1.165) is 32.9 Å². The number of hydrogen-bond acceptors (Lipinski definition) is 3. The van der Waals surface area contributed by atoms with Gasteiger partial charge < -0.3 is 0 Å². The summed E-state index contributed by atoms with van der Waals surface area (Å²) in [5.74, 6) is 0.755. The summed E-state index contributed by atoms with van der Waals surface area (Å²) in [6, 6.07) is 47.0. The van der Waals surface area contributed by atoms with E-state index in [-0.39, 0.29) is 0 Å². The Morgan fingerprint density at radius 1 is 0.385 bits per heavy atom. The number of benzene rings is 6. The number of nitrogens with zero attached hydrogens (tertiary/aromatic N) is 2. The lowest BCUT2D eigenvalue weighted by Gasteiger charge is -2.10. The topological polar surface area (TPSA) is 25.8 Å². The third-order valence-corrected chi connectivity index (χ3v) is 8.62. The van der Waals surface area contributed by atoms with Gasteiger partial charge in [0.1, 0.15) is 4.83 Å². The minimum absolute atomic E-state index is 0.755. The number of hydrogen-bond donors (Lipinski definition) is 0. The van der Waals surface area contributed by atoms with Crippen molar-refractivity contribution in [3.63, 3.8) is 0 Å². The molecule has 0 aliphatic carbocycles. The average Bonchev–Trinajstić information content (AvgIpc) is 3.42. The summed E-state index contributed by atoms with van der Waals surface area (Å²) in [5.41, 5.74) is 5.50. The first-order valence-corrected chi connectivity index (χ1v) is 13.9. The first-order valence-electron chi connectivity index (χ1n) is 13.1. The zero-order valence-corrected chi connectivity index (χ0v) is 21.8. The number of aromatic nitrogens is 2. The zero-order valence-electron chi connectivity index (χ0n) is 21.0. The predicted octanol–water partition coefficient (Wildman–Crippen LogP) is 10.2. The van der Waals surface area contributed by atoms with Crippen LogP contribution in [0.3, 0.4) is 0 Å². The molecule has 0 spiro atoms. The van der Waals surface area contributed by atoms with Crippen molar-refractivity contribution in [1.29, 1.82) is 0 Å². The van der Waals surface area contributed by atoms with Gasteiger partial charge in [-0.3, -0.25) is 0 Å². The highest BCUT2D eigenvalue weighted by Crippen LogP contribution is 2.46. The van der Waals surface area contributed by atoms with Gasteiger partial charge in [-0.15, -0.1) is 11.3 Å². The Labute approximate surface area is 229 Å². The van der Waals surface area contributed by atoms with Crippen molar-refractivity contribution in [2.24, 2.45) is 0 Å². The molecular weight excluding hydrogens is 492 g/mol. The van der Waals surface area contributed by atoms with Crippen LogP contribution in [-0.2, 0) is 0 Å². The van der Waals surface area contributed by atoms with Crippen LogP contribution in [-0.4, -0.2) is 9.97 Å². The molecule has 0 amide bonds. The van der Waals surface area contributed by atoms with E-state index < -0.39 is 0 Å². The monoisotopic (exact) mass is 514 g/mol. The van der Waals surface area contributed by atoms with Crippen LogP contribution in [0.1, 0.15) is 0 Å². The van der Waals surface area contributed by atoms with Gasteiger partial charge in [0.25, 0.3) is 0 Å². The van der Waals surface area contributed by atoms with Crippen molar-refractivity contribution in [2.45, 2.75) is 0 Å². The average molecular weight is 515 g/mol. The van der Waals surface area contributed by atoms with Crippen LogP contribution in [0.5, 0.6) is 0 Å². The van der Waals surface area contributed by atoms with Crippen LogP contribution in [0.25, 0.3) is 75.6 Å². The molecule has 3 heteroatoms. The van der Waals surface area contributed by atoms with Crippen LogP contribution in [0.2, 0.25) is 0 Å². The van der Waals surface area contributed by atoms with Gasteiger partial charge in [0.05, 0.1) is 5.69 Å². The van der Waals surface area contributed by atoms with Gasteiger partial charge in [0, 0.05) is 32.0 Å². The molecule has 8 rings (SSSR count).